The van der Waals surface area contributed by atoms with Gasteiger partial charge in [-0.25, -0.2) is 9.59 Å². The molecule has 1 aromatic carbocycles. The average Bonchev–Trinajstić information content (AvgIpc) is 2.50. The molecule has 0 bridgehead atoms. The predicted molar refractivity (Wildman–Crippen MR) is 81.7 cm³/mol. The van der Waals surface area contributed by atoms with Crippen molar-refractivity contribution in [1.29, 1.82) is 0 Å². The molecule has 0 aliphatic heterocycles. The molecular weight excluding hydrogens is 268 g/mol. The average molecular weight is 290 g/mol. The van der Waals surface area contributed by atoms with Gasteiger partial charge in [-0.3, -0.25) is 0 Å². The lowest BCUT2D eigenvalue weighted by Crippen LogP contribution is -2.48. The predicted octanol–water partition coefficient (Wildman–Crippen LogP) is 2.34. The number of esters is 1. The maximum absolute atomic E-state index is 12.2. The van der Waals surface area contributed by atoms with Crippen molar-refractivity contribution in [2.75, 3.05) is 13.2 Å². The summed E-state index contributed by atoms with van der Waals surface area (Å²) < 4.78 is 5.00. The molecule has 0 saturated heterocycles. The molecule has 0 radical (unpaired) electrons. The standard InChI is InChI=1S/C16H22N2O3/c1-4-11-17-16(20)18(13(3)15(19)21-5-2)12-14-9-7-6-8-10-14/h4,6-10,13H,1,5,11-12H2,2-3H3,(H,17,20). The van der Waals surface area contributed by atoms with E-state index in [2.05, 4.69) is 11.9 Å². The fourth-order valence-electron chi connectivity index (χ4n) is 1.82. The molecule has 0 fully saturated rings. The highest BCUT2D eigenvalue weighted by Crippen LogP contribution is 2.10. The molecule has 5 heteroatoms. The second-order valence-corrected chi connectivity index (χ2v) is 4.52. The summed E-state index contributed by atoms with van der Waals surface area (Å²) in [4.78, 5) is 25.6. The van der Waals surface area contributed by atoms with Crippen LogP contribution in [0.25, 0.3) is 0 Å². The maximum atomic E-state index is 12.2. The van der Waals surface area contributed by atoms with Crippen molar-refractivity contribution in [3.05, 3.63) is 48.6 Å². The topological polar surface area (TPSA) is 58.6 Å². The second kappa shape index (κ2) is 8.79. The van der Waals surface area contributed by atoms with Crippen LogP contribution in [0.4, 0.5) is 4.79 Å². The highest BCUT2D eigenvalue weighted by atomic mass is 16.5. The molecule has 0 aliphatic rings. The lowest BCUT2D eigenvalue weighted by molar-refractivity contribution is -0.148. The van der Waals surface area contributed by atoms with Crippen LogP contribution in [0.2, 0.25) is 0 Å². The summed E-state index contributed by atoms with van der Waals surface area (Å²) in [7, 11) is 0. The Balaban J connectivity index is 2.85. The first-order chi connectivity index (χ1) is 10.1. The van der Waals surface area contributed by atoms with E-state index < -0.39 is 12.0 Å². The Morgan fingerprint density at radius 1 is 1.38 bits per heavy atom. The SMILES string of the molecule is C=CCNC(=O)N(Cc1ccccc1)C(C)C(=O)OCC. The van der Waals surface area contributed by atoms with E-state index in [-0.39, 0.29) is 12.6 Å². The summed E-state index contributed by atoms with van der Waals surface area (Å²) in [6, 6.07) is 8.53. The van der Waals surface area contributed by atoms with Crippen LogP contribution in [0.5, 0.6) is 0 Å². The van der Waals surface area contributed by atoms with Gasteiger partial charge in [-0.05, 0) is 19.4 Å². The van der Waals surface area contributed by atoms with Crippen molar-refractivity contribution >= 4 is 12.0 Å². The Morgan fingerprint density at radius 2 is 2.05 bits per heavy atom. The first-order valence-corrected chi connectivity index (χ1v) is 6.96. The Morgan fingerprint density at radius 3 is 2.62 bits per heavy atom. The number of carbonyl (C=O) groups excluding carboxylic acids is 2. The van der Waals surface area contributed by atoms with Crippen LogP contribution >= 0.6 is 0 Å². The number of hydrogen-bond donors (Lipinski definition) is 1. The van der Waals surface area contributed by atoms with Gasteiger partial charge >= 0.3 is 12.0 Å². The van der Waals surface area contributed by atoms with Crippen molar-refractivity contribution in [2.45, 2.75) is 26.4 Å². The molecule has 0 heterocycles. The maximum Gasteiger partial charge on any atom is 0.328 e. The largest absolute Gasteiger partial charge is 0.464 e. The van der Waals surface area contributed by atoms with E-state index in [1.165, 1.54) is 4.90 Å². The molecule has 1 aromatic rings. The van der Waals surface area contributed by atoms with E-state index >= 15 is 0 Å². The first kappa shape index (κ1) is 16.8. The number of hydrogen-bond acceptors (Lipinski definition) is 3. The molecule has 1 rings (SSSR count). The minimum atomic E-state index is -0.657. The second-order valence-electron chi connectivity index (χ2n) is 4.52. The van der Waals surface area contributed by atoms with Crippen LogP contribution in [0.1, 0.15) is 19.4 Å². The van der Waals surface area contributed by atoms with E-state index in [1.54, 1.807) is 19.9 Å². The third-order valence-electron chi connectivity index (χ3n) is 2.95. The highest BCUT2D eigenvalue weighted by molar-refractivity contribution is 5.83. The smallest absolute Gasteiger partial charge is 0.328 e. The summed E-state index contributed by atoms with van der Waals surface area (Å²) >= 11 is 0. The van der Waals surface area contributed by atoms with Crippen LogP contribution in [0.3, 0.4) is 0 Å². The molecule has 0 saturated carbocycles. The van der Waals surface area contributed by atoms with E-state index in [0.29, 0.717) is 13.1 Å². The Labute approximate surface area is 125 Å². The lowest BCUT2D eigenvalue weighted by atomic mass is 10.2. The van der Waals surface area contributed by atoms with Crippen molar-refractivity contribution in [2.24, 2.45) is 0 Å². The van der Waals surface area contributed by atoms with Gasteiger partial charge in [-0.2, -0.15) is 0 Å². The molecule has 21 heavy (non-hydrogen) atoms. The molecule has 2 amide bonds. The number of ether oxygens (including phenoxy) is 1. The molecular formula is C16H22N2O3. The van der Waals surface area contributed by atoms with E-state index in [4.69, 9.17) is 4.74 Å². The van der Waals surface area contributed by atoms with Crippen molar-refractivity contribution in [1.82, 2.24) is 10.2 Å². The Bertz CT molecular complexity index is 474. The number of nitrogens with zero attached hydrogens (tertiary/aromatic N) is 1. The monoisotopic (exact) mass is 290 g/mol. The van der Waals surface area contributed by atoms with Gasteiger partial charge in [0, 0.05) is 13.1 Å². The number of carbonyl (C=O) groups is 2. The van der Waals surface area contributed by atoms with Gasteiger partial charge in [0.05, 0.1) is 6.61 Å². The summed E-state index contributed by atoms with van der Waals surface area (Å²) in [5.74, 6) is -0.415. The van der Waals surface area contributed by atoms with Crippen LogP contribution in [0, 0.1) is 0 Å². The normalized spacial score (nSPS) is 11.3. The number of rotatable bonds is 7. The lowest BCUT2D eigenvalue weighted by Gasteiger charge is -2.28. The van der Waals surface area contributed by atoms with Gasteiger partial charge in [0.2, 0.25) is 0 Å². The molecule has 1 atom stereocenters. The van der Waals surface area contributed by atoms with Gasteiger partial charge in [0.1, 0.15) is 6.04 Å². The van der Waals surface area contributed by atoms with Crippen molar-refractivity contribution < 1.29 is 14.3 Å². The summed E-state index contributed by atoms with van der Waals surface area (Å²) in [6.07, 6.45) is 1.59. The zero-order chi connectivity index (χ0) is 15.7. The van der Waals surface area contributed by atoms with Gasteiger partial charge in [0.25, 0.3) is 0 Å². The van der Waals surface area contributed by atoms with Crippen molar-refractivity contribution in [3.8, 4) is 0 Å². The fourth-order valence-corrected chi connectivity index (χ4v) is 1.82. The van der Waals surface area contributed by atoms with Crippen LogP contribution in [0.15, 0.2) is 43.0 Å². The van der Waals surface area contributed by atoms with Gasteiger partial charge < -0.3 is 15.0 Å². The minimum Gasteiger partial charge on any atom is -0.464 e. The third-order valence-corrected chi connectivity index (χ3v) is 2.95. The van der Waals surface area contributed by atoms with Crippen LogP contribution in [-0.2, 0) is 16.1 Å². The summed E-state index contributed by atoms with van der Waals surface area (Å²) in [5, 5.41) is 2.69. The van der Waals surface area contributed by atoms with E-state index in [1.807, 2.05) is 30.3 Å². The van der Waals surface area contributed by atoms with Crippen molar-refractivity contribution in [3.63, 3.8) is 0 Å². The summed E-state index contributed by atoms with van der Waals surface area (Å²) in [6.45, 7) is 7.93. The van der Waals surface area contributed by atoms with E-state index in [9.17, 15) is 9.59 Å². The molecule has 0 spiro atoms. The fraction of sp³-hybridized carbons (Fsp3) is 0.375. The van der Waals surface area contributed by atoms with Crippen LogP contribution < -0.4 is 5.32 Å². The highest BCUT2D eigenvalue weighted by Gasteiger charge is 2.26. The molecule has 1 unspecified atom stereocenters. The third kappa shape index (κ3) is 5.30. The quantitative estimate of drug-likeness (QED) is 0.619. The van der Waals surface area contributed by atoms with Gasteiger partial charge in [-0.1, -0.05) is 36.4 Å². The van der Waals surface area contributed by atoms with Gasteiger partial charge in [0.15, 0.2) is 0 Å². The van der Waals surface area contributed by atoms with Gasteiger partial charge in [-0.15, -0.1) is 6.58 Å². The number of nitrogens with one attached hydrogen (secondary N) is 1. The number of urea groups is 1. The Hall–Kier alpha value is -2.30. The zero-order valence-corrected chi connectivity index (χ0v) is 12.5. The molecule has 0 aromatic heterocycles. The number of amides is 2. The minimum absolute atomic E-state index is 0.288. The number of benzene rings is 1. The Kier molecular flexibility index (Phi) is 7.01. The summed E-state index contributed by atoms with van der Waals surface area (Å²) in [5.41, 5.74) is 0.947. The molecule has 114 valence electrons. The molecule has 5 nitrogen and oxygen atoms in total. The first-order valence-electron chi connectivity index (χ1n) is 6.96. The molecule has 1 N–H and O–H groups in total. The molecule has 0 aliphatic carbocycles. The van der Waals surface area contributed by atoms with Crippen LogP contribution in [-0.4, -0.2) is 36.1 Å². The van der Waals surface area contributed by atoms with E-state index in [0.717, 1.165) is 5.56 Å². The zero-order valence-electron chi connectivity index (χ0n) is 12.5.